The largest absolute Gasteiger partial charge is 0.497 e. The number of rotatable bonds is 4. The fourth-order valence-corrected chi connectivity index (χ4v) is 3.41. The zero-order valence-corrected chi connectivity index (χ0v) is 13.8. The lowest BCUT2D eigenvalue weighted by molar-refractivity contribution is 0.102. The average Bonchev–Trinajstić information content (AvgIpc) is 2.95. The molecule has 0 saturated heterocycles. The molecule has 1 amide bonds. The number of fused-ring (bicyclic) bond motifs is 1. The van der Waals surface area contributed by atoms with Crippen molar-refractivity contribution in [3.63, 3.8) is 0 Å². The number of thiazole rings is 1. The van der Waals surface area contributed by atoms with Crippen LogP contribution >= 0.6 is 23.1 Å². The molecule has 3 aromatic rings. The molecule has 6 heteroatoms. The van der Waals surface area contributed by atoms with Crippen LogP contribution in [0.4, 0.5) is 5.13 Å². The molecule has 0 aliphatic rings. The van der Waals surface area contributed by atoms with E-state index in [1.807, 2.05) is 18.4 Å². The van der Waals surface area contributed by atoms with Gasteiger partial charge in [-0.1, -0.05) is 11.3 Å². The summed E-state index contributed by atoms with van der Waals surface area (Å²) in [5, 5.41) is 3.45. The Morgan fingerprint density at radius 1 is 1.23 bits per heavy atom. The van der Waals surface area contributed by atoms with Crippen LogP contribution < -0.4 is 10.1 Å². The minimum Gasteiger partial charge on any atom is -0.497 e. The lowest BCUT2D eigenvalue weighted by Crippen LogP contribution is -2.11. The fraction of sp³-hybridized carbons (Fsp3) is 0.125. The van der Waals surface area contributed by atoms with Crippen LogP contribution in [0.2, 0.25) is 0 Å². The molecule has 0 unspecified atom stereocenters. The van der Waals surface area contributed by atoms with Crippen LogP contribution in [0.25, 0.3) is 10.2 Å². The highest BCUT2D eigenvalue weighted by molar-refractivity contribution is 7.98. The Bertz CT molecular complexity index is 813. The molecular weight excluding hydrogens is 316 g/mol. The second kappa shape index (κ2) is 6.37. The molecule has 0 bridgehead atoms. The lowest BCUT2D eigenvalue weighted by Gasteiger charge is -2.03. The number of nitrogens with zero attached hydrogens (tertiary/aromatic N) is 1. The van der Waals surface area contributed by atoms with Gasteiger partial charge in [-0.05, 0) is 48.7 Å². The summed E-state index contributed by atoms with van der Waals surface area (Å²) in [6.45, 7) is 0. The number of hydrogen-bond donors (Lipinski definition) is 1. The number of carbonyl (C=O) groups is 1. The van der Waals surface area contributed by atoms with E-state index in [2.05, 4.69) is 16.4 Å². The van der Waals surface area contributed by atoms with Gasteiger partial charge in [0.05, 0.1) is 17.3 Å². The van der Waals surface area contributed by atoms with Gasteiger partial charge in [0, 0.05) is 10.5 Å². The molecule has 1 aromatic heterocycles. The molecule has 2 aromatic carbocycles. The Labute approximate surface area is 136 Å². The molecule has 0 spiro atoms. The summed E-state index contributed by atoms with van der Waals surface area (Å²) in [7, 11) is 1.60. The smallest absolute Gasteiger partial charge is 0.257 e. The minimum absolute atomic E-state index is 0.174. The van der Waals surface area contributed by atoms with Crippen LogP contribution in [-0.2, 0) is 0 Å². The van der Waals surface area contributed by atoms with Gasteiger partial charge in [0.15, 0.2) is 5.13 Å². The van der Waals surface area contributed by atoms with Gasteiger partial charge in [0.25, 0.3) is 5.91 Å². The van der Waals surface area contributed by atoms with Crippen molar-refractivity contribution in [1.82, 2.24) is 4.98 Å². The number of amides is 1. The van der Waals surface area contributed by atoms with E-state index in [1.165, 1.54) is 16.2 Å². The van der Waals surface area contributed by atoms with Gasteiger partial charge in [-0.15, -0.1) is 11.8 Å². The predicted octanol–water partition coefficient (Wildman–Crippen LogP) is 4.28. The number of aromatic nitrogens is 1. The summed E-state index contributed by atoms with van der Waals surface area (Å²) in [5.74, 6) is 0.549. The quantitative estimate of drug-likeness (QED) is 0.726. The Balaban J connectivity index is 1.80. The summed E-state index contributed by atoms with van der Waals surface area (Å²) in [6.07, 6.45) is 2.04. The third-order valence-electron chi connectivity index (χ3n) is 3.17. The SMILES string of the molecule is COc1ccc(C(=O)Nc2nc3ccc(SC)cc3s2)cc1. The molecule has 0 aliphatic heterocycles. The van der Waals surface area contributed by atoms with Crippen LogP contribution in [0.5, 0.6) is 5.75 Å². The van der Waals surface area contributed by atoms with E-state index in [1.54, 1.807) is 43.1 Å². The number of methoxy groups -OCH3 is 1. The van der Waals surface area contributed by atoms with Gasteiger partial charge < -0.3 is 4.74 Å². The van der Waals surface area contributed by atoms with Crippen molar-refractivity contribution in [1.29, 1.82) is 0 Å². The first kappa shape index (κ1) is 14.9. The Morgan fingerprint density at radius 3 is 2.68 bits per heavy atom. The predicted molar refractivity (Wildman–Crippen MR) is 92.3 cm³/mol. The number of carbonyl (C=O) groups excluding carboxylic acids is 1. The Morgan fingerprint density at radius 2 is 2.00 bits per heavy atom. The zero-order valence-electron chi connectivity index (χ0n) is 12.1. The Hall–Kier alpha value is -2.05. The van der Waals surface area contributed by atoms with Gasteiger partial charge in [0.2, 0.25) is 0 Å². The summed E-state index contributed by atoms with van der Waals surface area (Å²) < 4.78 is 6.15. The van der Waals surface area contributed by atoms with Crippen LogP contribution in [-0.4, -0.2) is 24.3 Å². The highest BCUT2D eigenvalue weighted by atomic mass is 32.2. The monoisotopic (exact) mass is 330 g/mol. The van der Waals surface area contributed by atoms with Gasteiger partial charge in [-0.3, -0.25) is 10.1 Å². The highest BCUT2D eigenvalue weighted by Gasteiger charge is 2.10. The molecule has 0 fully saturated rings. The van der Waals surface area contributed by atoms with Crippen molar-refractivity contribution < 1.29 is 9.53 Å². The maximum atomic E-state index is 12.2. The zero-order chi connectivity index (χ0) is 15.5. The number of nitrogens with one attached hydrogen (secondary N) is 1. The molecule has 0 atom stereocenters. The second-order valence-electron chi connectivity index (χ2n) is 4.54. The topological polar surface area (TPSA) is 51.2 Å². The summed E-state index contributed by atoms with van der Waals surface area (Å²) in [4.78, 5) is 17.8. The van der Waals surface area contributed by atoms with E-state index in [-0.39, 0.29) is 5.91 Å². The molecule has 3 rings (SSSR count). The third kappa shape index (κ3) is 3.08. The van der Waals surface area contributed by atoms with Crippen molar-refractivity contribution in [2.24, 2.45) is 0 Å². The van der Waals surface area contributed by atoms with Crippen LogP contribution in [0.1, 0.15) is 10.4 Å². The Kier molecular flexibility index (Phi) is 4.31. The van der Waals surface area contributed by atoms with E-state index in [0.717, 1.165) is 16.0 Å². The maximum Gasteiger partial charge on any atom is 0.257 e. The number of hydrogen-bond acceptors (Lipinski definition) is 5. The number of benzene rings is 2. The molecule has 0 aliphatic carbocycles. The van der Waals surface area contributed by atoms with Gasteiger partial charge in [0.1, 0.15) is 5.75 Å². The van der Waals surface area contributed by atoms with Crippen molar-refractivity contribution in [3.05, 3.63) is 48.0 Å². The van der Waals surface area contributed by atoms with Crippen LogP contribution in [0, 0.1) is 0 Å². The number of ether oxygens (including phenoxy) is 1. The summed E-state index contributed by atoms with van der Waals surface area (Å²) >= 11 is 3.16. The lowest BCUT2D eigenvalue weighted by atomic mass is 10.2. The van der Waals surface area contributed by atoms with Crippen molar-refractivity contribution >= 4 is 44.4 Å². The molecule has 22 heavy (non-hydrogen) atoms. The molecule has 0 radical (unpaired) electrons. The standard InChI is InChI=1S/C16H14N2O2S2/c1-20-11-5-3-10(4-6-11)15(19)18-16-17-13-8-7-12(21-2)9-14(13)22-16/h3-9H,1-2H3,(H,17,18,19). The van der Waals surface area contributed by atoms with Crippen LogP contribution in [0.3, 0.4) is 0 Å². The van der Waals surface area contributed by atoms with E-state index in [0.29, 0.717) is 10.7 Å². The molecule has 0 saturated carbocycles. The second-order valence-corrected chi connectivity index (χ2v) is 6.45. The number of anilines is 1. The number of thioether (sulfide) groups is 1. The van der Waals surface area contributed by atoms with Crippen molar-refractivity contribution in [2.45, 2.75) is 4.90 Å². The van der Waals surface area contributed by atoms with Gasteiger partial charge >= 0.3 is 0 Å². The third-order valence-corrected chi connectivity index (χ3v) is 4.83. The maximum absolute atomic E-state index is 12.2. The molecular formula is C16H14N2O2S2. The first-order valence-electron chi connectivity index (χ1n) is 6.59. The normalized spacial score (nSPS) is 10.6. The van der Waals surface area contributed by atoms with E-state index < -0.39 is 0 Å². The van der Waals surface area contributed by atoms with Gasteiger partial charge in [-0.2, -0.15) is 0 Å². The average molecular weight is 330 g/mol. The first-order chi connectivity index (χ1) is 10.7. The summed E-state index contributed by atoms with van der Waals surface area (Å²) in [6, 6.07) is 13.1. The highest BCUT2D eigenvalue weighted by Crippen LogP contribution is 2.29. The molecule has 1 heterocycles. The van der Waals surface area contributed by atoms with Crippen molar-refractivity contribution in [2.75, 3.05) is 18.7 Å². The van der Waals surface area contributed by atoms with Crippen molar-refractivity contribution in [3.8, 4) is 5.75 Å². The van der Waals surface area contributed by atoms with Crippen LogP contribution in [0.15, 0.2) is 47.4 Å². The fourth-order valence-electron chi connectivity index (χ4n) is 2.00. The van der Waals surface area contributed by atoms with E-state index >= 15 is 0 Å². The summed E-state index contributed by atoms with van der Waals surface area (Å²) in [5.41, 5.74) is 1.47. The molecule has 1 N–H and O–H groups in total. The van der Waals surface area contributed by atoms with Gasteiger partial charge in [-0.25, -0.2) is 4.98 Å². The molecule has 4 nitrogen and oxygen atoms in total. The van der Waals surface area contributed by atoms with E-state index in [4.69, 9.17) is 4.74 Å². The van der Waals surface area contributed by atoms with E-state index in [9.17, 15) is 4.79 Å². The minimum atomic E-state index is -0.174. The first-order valence-corrected chi connectivity index (χ1v) is 8.63. The molecule has 112 valence electrons.